The number of anilines is 1. The predicted molar refractivity (Wildman–Crippen MR) is 153 cm³/mol. The molecule has 1 saturated heterocycles. The van der Waals surface area contributed by atoms with Crippen LogP contribution in [0.1, 0.15) is 29.5 Å². The molecular formula is C31H36N4O7. The Morgan fingerprint density at radius 1 is 0.857 bits per heavy atom. The molecule has 2 fully saturated rings. The number of piperazine rings is 1. The molecule has 11 nitrogen and oxygen atoms in total. The number of carbonyl (C=O) groups excluding carboxylic acids is 2. The van der Waals surface area contributed by atoms with Gasteiger partial charge < -0.3 is 24.2 Å². The fraction of sp³-hybridized carbons (Fsp3) is 0.355. The topological polar surface area (TPSA) is 115 Å². The fourth-order valence-corrected chi connectivity index (χ4v) is 5.09. The number of ether oxygens (including phenoxy) is 2. The zero-order valence-corrected chi connectivity index (χ0v) is 23.5. The third-order valence-electron chi connectivity index (χ3n) is 7.53. The molecule has 0 spiro atoms. The molecule has 1 aliphatic carbocycles. The molecule has 1 atom stereocenters. The first-order chi connectivity index (χ1) is 20.4. The van der Waals surface area contributed by atoms with E-state index >= 15 is 0 Å². The summed E-state index contributed by atoms with van der Waals surface area (Å²) < 4.78 is 11.0. The maximum Gasteiger partial charge on any atom is 0.410 e. The quantitative estimate of drug-likeness (QED) is 0.324. The number of amides is 2. The van der Waals surface area contributed by atoms with E-state index in [9.17, 15) is 9.59 Å². The van der Waals surface area contributed by atoms with Gasteiger partial charge in [-0.05, 0) is 53.8 Å². The average molecular weight is 577 g/mol. The molecular weight excluding hydrogens is 540 g/mol. The van der Waals surface area contributed by atoms with Gasteiger partial charge in [-0.1, -0.05) is 54.6 Å². The van der Waals surface area contributed by atoms with Crippen molar-refractivity contribution in [3.05, 3.63) is 95.6 Å². The summed E-state index contributed by atoms with van der Waals surface area (Å²) >= 11 is 0. The summed E-state index contributed by atoms with van der Waals surface area (Å²) in [5.41, 5.74) is 3.45. The van der Waals surface area contributed by atoms with Gasteiger partial charge in [-0.15, -0.1) is 0 Å². The van der Waals surface area contributed by atoms with Crippen LogP contribution in [0.4, 0.5) is 10.5 Å². The summed E-state index contributed by atoms with van der Waals surface area (Å²) in [4.78, 5) is 37.6. The highest BCUT2D eigenvalue weighted by Gasteiger charge is 2.41. The summed E-state index contributed by atoms with van der Waals surface area (Å²) in [7, 11) is 1.62. The van der Waals surface area contributed by atoms with Crippen molar-refractivity contribution in [1.82, 2.24) is 15.2 Å². The minimum Gasteiger partial charge on any atom is -0.497 e. The van der Waals surface area contributed by atoms with Crippen molar-refractivity contribution in [2.75, 3.05) is 31.6 Å². The maximum absolute atomic E-state index is 14.2. The lowest BCUT2D eigenvalue weighted by molar-refractivity contribution is -0.497. The van der Waals surface area contributed by atoms with Crippen LogP contribution in [0, 0.1) is 0 Å². The SMILES string of the molecule is COc1ccc(N2CCN(C(=O)OCc3ccc(CON(O)O)cc3)C[C@@H]2C(=O)N(Cc2ccccc2)C2CC2)cc1. The largest absolute Gasteiger partial charge is 0.497 e. The number of carbonyl (C=O) groups is 2. The van der Waals surface area contributed by atoms with Gasteiger partial charge in [0.05, 0.1) is 25.7 Å². The number of methoxy groups -OCH3 is 1. The van der Waals surface area contributed by atoms with Gasteiger partial charge in [0.2, 0.25) is 5.91 Å². The van der Waals surface area contributed by atoms with Crippen LogP contribution < -0.4 is 9.64 Å². The Hall–Kier alpha value is -4.16. The van der Waals surface area contributed by atoms with Crippen molar-refractivity contribution >= 4 is 17.7 Å². The second kappa shape index (κ2) is 13.7. The van der Waals surface area contributed by atoms with Crippen LogP contribution in [0.2, 0.25) is 0 Å². The molecule has 2 aliphatic rings. The average Bonchev–Trinajstić information content (AvgIpc) is 3.87. The van der Waals surface area contributed by atoms with E-state index in [-0.39, 0.29) is 37.1 Å². The third-order valence-corrected chi connectivity index (χ3v) is 7.53. The van der Waals surface area contributed by atoms with E-state index in [2.05, 4.69) is 9.74 Å². The first-order valence-corrected chi connectivity index (χ1v) is 14.0. The molecule has 11 heteroatoms. The first-order valence-electron chi connectivity index (χ1n) is 14.0. The molecule has 3 aromatic carbocycles. The molecule has 0 unspecified atom stereocenters. The molecule has 1 heterocycles. The fourth-order valence-electron chi connectivity index (χ4n) is 5.09. The van der Waals surface area contributed by atoms with Crippen LogP contribution in [0.5, 0.6) is 5.75 Å². The molecule has 3 aromatic rings. The van der Waals surface area contributed by atoms with E-state index in [0.29, 0.717) is 25.2 Å². The zero-order chi connectivity index (χ0) is 29.5. The van der Waals surface area contributed by atoms with Crippen LogP contribution in [0.25, 0.3) is 0 Å². The summed E-state index contributed by atoms with van der Waals surface area (Å²) in [6, 6.07) is 24.3. The summed E-state index contributed by atoms with van der Waals surface area (Å²) in [5, 5.41) is 17.0. The number of rotatable bonds is 11. The summed E-state index contributed by atoms with van der Waals surface area (Å²) in [5.74, 6) is 0.730. The van der Waals surface area contributed by atoms with Crippen molar-refractivity contribution in [3.8, 4) is 5.75 Å². The lowest BCUT2D eigenvalue weighted by atomic mass is 10.1. The molecule has 42 heavy (non-hydrogen) atoms. The summed E-state index contributed by atoms with van der Waals surface area (Å²) in [6.07, 6.45) is 1.47. The highest BCUT2D eigenvalue weighted by Crippen LogP contribution is 2.32. The van der Waals surface area contributed by atoms with Gasteiger partial charge in [-0.25, -0.2) is 9.63 Å². The molecule has 5 rings (SSSR count). The monoisotopic (exact) mass is 576 g/mol. The Balaban J connectivity index is 1.28. The predicted octanol–water partition coefficient (Wildman–Crippen LogP) is 4.23. The van der Waals surface area contributed by atoms with Gasteiger partial charge in [0.15, 0.2) is 0 Å². The number of hydrogen-bond acceptors (Lipinski definition) is 9. The van der Waals surface area contributed by atoms with Crippen molar-refractivity contribution in [2.24, 2.45) is 0 Å². The van der Waals surface area contributed by atoms with E-state index in [4.69, 9.17) is 19.9 Å². The van der Waals surface area contributed by atoms with E-state index in [1.165, 1.54) is 0 Å². The number of nitrogens with zero attached hydrogens (tertiary/aromatic N) is 4. The van der Waals surface area contributed by atoms with E-state index in [1.807, 2.05) is 59.5 Å². The summed E-state index contributed by atoms with van der Waals surface area (Å²) in [6.45, 7) is 1.65. The first kappa shape index (κ1) is 29.3. The third kappa shape index (κ3) is 7.56. The molecule has 0 radical (unpaired) electrons. The molecule has 222 valence electrons. The lowest BCUT2D eigenvalue weighted by Crippen LogP contribution is -2.61. The molecule has 1 saturated carbocycles. The lowest BCUT2D eigenvalue weighted by Gasteiger charge is -2.43. The Kier molecular flexibility index (Phi) is 9.55. The zero-order valence-electron chi connectivity index (χ0n) is 23.5. The number of hydrogen-bond donors (Lipinski definition) is 2. The Bertz CT molecular complexity index is 1320. The van der Waals surface area contributed by atoms with Crippen molar-refractivity contribution in [1.29, 1.82) is 0 Å². The second-order valence-corrected chi connectivity index (χ2v) is 10.4. The van der Waals surface area contributed by atoms with E-state index in [0.717, 1.165) is 35.4 Å². The molecule has 0 bridgehead atoms. The molecule has 1 aliphatic heterocycles. The van der Waals surface area contributed by atoms with Crippen molar-refractivity contribution in [3.63, 3.8) is 0 Å². The van der Waals surface area contributed by atoms with Crippen LogP contribution in [-0.2, 0) is 34.1 Å². The van der Waals surface area contributed by atoms with Gasteiger partial charge in [-0.3, -0.25) is 15.2 Å². The van der Waals surface area contributed by atoms with Gasteiger partial charge >= 0.3 is 6.09 Å². The van der Waals surface area contributed by atoms with E-state index in [1.54, 1.807) is 36.3 Å². The van der Waals surface area contributed by atoms with Crippen LogP contribution in [0.15, 0.2) is 78.9 Å². The Labute approximate surface area is 244 Å². The Morgan fingerprint density at radius 3 is 2.14 bits per heavy atom. The normalized spacial score (nSPS) is 16.8. The van der Waals surface area contributed by atoms with Crippen molar-refractivity contribution in [2.45, 2.75) is 44.7 Å². The van der Waals surface area contributed by atoms with Gasteiger partial charge in [0.25, 0.3) is 0 Å². The highest BCUT2D eigenvalue weighted by molar-refractivity contribution is 5.87. The van der Waals surface area contributed by atoms with Crippen LogP contribution >= 0.6 is 0 Å². The van der Waals surface area contributed by atoms with Crippen LogP contribution in [-0.4, -0.2) is 76.4 Å². The standard InChI is InChI=1S/C31H36N4O7/c1-40-28-15-13-26(14-16-28)33-18-17-32(31(37)41-21-24-7-9-25(10-8-24)22-42-35(38)39)20-29(33)30(36)34(27-11-12-27)19-23-5-3-2-4-6-23/h2-10,13-16,27,29,38-39H,11-12,17-22H2,1H3/t29-/m1/s1. The maximum atomic E-state index is 14.2. The highest BCUT2D eigenvalue weighted by atomic mass is 17.1. The minimum atomic E-state index is -0.569. The molecule has 2 amide bonds. The Morgan fingerprint density at radius 2 is 1.52 bits per heavy atom. The minimum absolute atomic E-state index is 0.00296. The van der Waals surface area contributed by atoms with E-state index < -0.39 is 12.1 Å². The van der Waals surface area contributed by atoms with Crippen LogP contribution in [0.3, 0.4) is 0 Å². The van der Waals surface area contributed by atoms with Gasteiger partial charge in [0, 0.05) is 31.4 Å². The number of benzene rings is 3. The van der Waals surface area contributed by atoms with Gasteiger partial charge in [0.1, 0.15) is 18.4 Å². The van der Waals surface area contributed by atoms with Gasteiger partial charge in [-0.2, -0.15) is 0 Å². The second-order valence-electron chi connectivity index (χ2n) is 10.4. The molecule has 2 N–H and O–H groups in total. The van der Waals surface area contributed by atoms with Crippen molar-refractivity contribution < 1.29 is 34.3 Å². The molecule has 0 aromatic heterocycles. The smallest absolute Gasteiger partial charge is 0.410 e.